The SMILES string of the molecule is COc1cccc(C[NH+](C)Cc2nnc(-c3c(-c4ccccc4)noc3C)o2)c1OC. The predicted molar refractivity (Wildman–Crippen MR) is 114 cm³/mol. The largest absolute Gasteiger partial charge is 0.493 e. The number of methoxy groups -OCH3 is 2. The van der Waals surface area contributed by atoms with E-state index in [0.717, 1.165) is 27.3 Å². The average molecular weight is 421 g/mol. The number of quaternary nitrogens is 1. The zero-order valence-electron chi connectivity index (χ0n) is 18.0. The van der Waals surface area contributed by atoms with Gasteiger partial charge in [0.1, 0.15) is 23.6 Å². The molecule has 2 heterocycles. The molecule has 1 unspecified atom stereocenters. The van der Waals surface area contributed by atoms with E-state index in [0.29, 0.717) is 42.1 Å². The van der Waals surface area contributed by atoms with E-state index in [1.165, 1.54) is 0 Å². The molecule has 0 amide bonds. The zero-order valence-corrected chi connectivity index (χ0v) is 18.0. The number of aromatic nitrogens is 3. The summed E-state index contributed by atoms with van der Waals surface area (Å²) >= 11 is 0. The molecule has 2 aromatic carbocycles. The van der Waals surface area contributed by atoms with Gasteiger partial charge >= 0.3 is 0 Å². The van der Waals surface area contributed by atoms with E-state index in [-0.39, 0.29) is 0 Å². The number of hydrogen-bond acceptors (Lipinski definition) is 7. The van der Waals surface area contributed by atoms with Gasteiger partial charge < -0.3 is 23.3 Å². The average Bonchev–Trinajstić information content (AvgIpc) is 3.40. The lowest BCUT2D eigenvalue weighted by Gasteiger charge is -2.16. The summed E-state index contributed by atoms with van der Waals surface area (Å²) in [5.74, 6) is 3.02. The van der Waals surface area contributed by atoms with Gasteiger partial charge in [0.15, 0.2) is 18.0 Å². The number of hydrogen-bond donors (Lipinski definition) is 1. The summed E-state index contributed by atoms with van der Waals surface area (Å²) in [5, 5.41) is 12.7. The van der Waals surface area contributed by atoms with Crippen molar-refractivity contribution in [1.29, 1.82) is 0 Å². The van der Waals surface area contributed by atoms with E-state index in [2.05, 4.69) is 22.4 Å². The highest BCUT2D eigenvalue weighted by Gasteiger charge is 2.23. The van der Waals surface area contributed by atoms with Crippen LogP contribution in [0.15, 0.2) is 57.5 Å². The van der Waals surface area contributed by atoms with Gasteiger partial charge in [-0.15, -0.1) is 10.2 Å². The Kier molecular flexibility index (Phi) is 5.99. The van der Waals surface area contributed by atoms with Gasteiger partial charge in [0.05, 0.1) is 26.8 Å². The van der Waals surface area contributed by atoms with E-state index in [1.54, 1.807) is 14.2 Å². The summed E-state index contributed by atoms with van der Waals surface area (Å²) in [6, 6.07) is 15.7. The van der Waals surface area contributed by atoms with Gasteiger partial charge in [0.2, 0.25) is 0 Å². The van der Waals surface area contributed by atoms with Gasteiger partial charge in [-0.05, 0) is 19.1 Å². The highest BCUT2D eigenvalue weighted by Crippen LogP contribution is 2.33. The van der Waals surface area contributed by atoms with Crippen LogP contribution in [0.2, 0.25) is 0 Å². The topological polar surface area (TPSA) is 87.9 Å². The Labute approximate surface area is 180 Å². The Morgan fingerprint density at radius 3 is 2.48 bits per heavy atom. The second-order valence-electron chi connectivity index (χ2n) is 7.29. The van der Waals surface area contributed by atoms with Crippen LogP contribution < -0.4 is 14.4 Å². The molecule has 4 aromatic rings. The number of para-hydroxylation sites is 1. The summed E-state index contributed by atoms with van der Waals surface area (Å²) in [5.41, 5.74) is 3.38. The molecule has 1 N–H and O–H groups in total. The molecule has 4 rings (SSSR count). The van der Waals surface area contributed by atoms with Crippen LogP contribution in [0.5, 0.6) is 11.5 Å². The van der Waals surface area contributed by atoms with E-state index in [9.17, 15) is 0 Å². The third-order valence-corrected chi connectivity index (χ3v) is 5.02. The lowest BCUT2D eigenvalue weighted by atomic mass is 10.1. The molecule has 8 nitrogen and oxygen atoms in total. The number of benzene rings is 2. The van der Waals surface area contributed by atoms with Crippen LogP contribution in [-0.4, -0.2) is 36.6 Å². The van der Waals surface area contributed by atoms with Crippen LogP contribution in [0.3, 0.4) is 0 Å². The van der Waals surface area contributed by atoms with Crippen molar-refractivity contribution in [3.63, 3.8) is 0 Å². The lowest BCUT2D eigenvalue weighted by Crippen LogP contribution is -3.06. The third-order valence-electron chi connectivity index (χ3n) is 5.02. The highest BCUT2D eigenvalue weighted by atomic mass is 16.5. The lowest BCUT2D eigenvalue weighted by molar-refractivity contribution is -0.909. The van der Waals surface area contributed by atoms with Crippen LogP contribution in [0, 0.1) is 6.92 Å². The molecule has 0 fully saturated rings. The number of rotatable bonds is 8. The van der Waals surface area contributed by atoms with Crippen LogP contribution in [-0.2, 0) is 13.1 Å². The number of ether oxygens (including phenoxy) is 2. The van der Waals surface area contributed by atoms with Crippen molar-refractivity contribution >= 4 is 0 Å². The second kappa shape index (κ2) is 9.01. The van der Waals surface area contributed by atoms with Gasteiger partial charge in [-0.2, -0.15) is 0 Å². The molecule has 0 aliphatic heterocycles. The molecule has 0 aliphatic rings. The summed E-state index contributed by atoms with van der Waals surface area (Å²) in [6.07, 6.45) is 0. The fourth-order valence-electron chi connectivity index (χ4n) is 3.58. The Morgan fingerprint density at radius 2 is 1.74 bits per heavy atom. The monoisotopic (exact) mass is 421 g/mol. The molecule has 31 heavy (non-hydrogen) atoms. The molecule has 0 saturated carbocycles. The first kappa shape index (κ1) is 20.6. The van der Waals surface area contributed by atoms with Crippen LogP contribution in [0.25, 0.3) is 22.7 Å². The number of aryl methyl sites for hydroxylation is 1. The van der Waals surface area contributed by atoms with Crippen molar-refractivity contribution in [3.05, 3.63) is 65.7 Å². The van der Waals surface area contributed by atoms with Crippen molar-refractivity contribution in [3.8, 4) is 34.2 Å². The van der Waals surface area contributed by atoms with Crippen molar-refractivity contribution in [1.82, 2.24) is 15.4 Å². The molecule has 0 spiro atoms. The maximum atomic E-state index is 5.98. The fraction of sp³-hybridized carbons (Fsp3) is 0.261. The van der Waals surface area contributed by atoms with E-state index in [4.69, 9.17) is 18.4 Å². The van der Waals surface area contributed by atoms with Crippen molar-refractivity contribution in [2.24, 2.45) is 0 Å². The molecule has 2 aromatic heterocycles. The molecule has 0 radical (unpaired) electrons. The van der Waals surface area contributed by atoms with Gasteiger partial charge in [-0.3, -0.25) is 0 Å². The van der Waals surface area contributed by atoms with Crippen molar-refractivity contribution < 1.29 is 23.3 Å². The molecular weight excluding hydrogens is 396 g/mol. The molecule has 160 valence electrons. The molecule has 8 heteroatoms. The standard InChI is InChI=1S/C23H24N4O4/c1-15-20(21(26-31-15)16-9-6-5-7-10-16)23-25-24-19(30-23)14-27(2)13-17-11-8-12-18(28-3)22(17)29-4/h5-12H,13-14H2,1-4H3/p+1. The van der Waals surface area contributed by atoms with Crippen LogP contribution >= 0.6 is 0 Å². The Bertz CT molecular complexity index is 1150. The molecule has 0 saturated heterocycles. The number of nitrogens with zero attached hydrogens (tertiary/aromatic N) is 3. The first-order valence-electron chi connectivity index (χ1n) is 9.96. The normalized spacial score (nSPS) is 12.0. The minimum atomic E-state index is 0.402. The third kappa shape index (κ3) is 4.29. The molecule has 0 aliphatic carbocycles. The second-order valence-corrected chi connectivity index (χ2v) is 7.29. The summed E-state index contributed by atoms with van der Waals surface area (Å²) < 4.78 is 22.3. The van der Waals surface area contributed by atoms with E-state index < -0.39 is 0 Å². The smallest absolute Gasteiger partial charge is 0.271 e. The fourth-order valence-corrected chi connectivity index (χ4v) is 3.58. The van der Waals surface area contributed by atoms with E-state index >= 15 is 0 Å². The Balaban J connectivity index is 1.53. The van der Waals surface area contributed by atoms with Gasteiger partial charge in [-0.25, -0.2) is 0 Å². The minimum Gasteiger partial charge on any atom is -0.493 e. The quantitative estimate of drug-likeness (QED) is 0.468. The highest BCUT2D eigenvalue weighted by molar-refractivity contribution is 5.77. The maximum absolute atomic E-state index is 5.98. The van der Waals surface area contributed by atoms with Gasteiger partial charge in [0.25, 0.3) is 11.8 Å². The Morgan fingerprint density at radius 1 is 0.935 bits per heavy atom. The first-order chi connectivity index (χ1) is 15.1. The summed E-state index contributed by atoms with van der Waals surface area (Å²) in [4.78, 5) is 1.16. The summed E-state index contributed by atoms with van der Waals surface area (Å²) in [7, 11) is 5.34. The van der Waals surface area contributed by atoms with Crippen LogP contribution in [0.1, 0.15) is 17.2 Å². The van der Waals surface area contributed by atoms with Gasteiger partial charge in [0, 0.05) is 5.56 Å². The maximum Gasteiger partial charge on any atom is 0.271 e. The molecule has 1 atom stereocenters. The van der Waals surface area contributed by atoms with Crippen LogP contribution in [0.4, 0.5) is 0 Å². The molecule has 0 bridgehead atoms. The Hall–Kier alpha value is -3.65. The zero-order chi connectivity index (χ0) is 21.8. The molecular formula is C23H25N4O4+. The summed E-state index contributed by atoms with van der Waals surface area (Å²) in [6.45, 7) is 3.10. The van der Waals surface area contributed by atoms with Gasteiger partial charge in [-0.1, -0.05) is 41.6 Å². The first-order valence-corrected chi connectivity index (χ1v) is 9.96. The van der Waals surface area contributed by atoms with E-state index in [1.807, 2.05) is 55.5 Å². The van der Waals surface area contributed by atoms with Crippen molar-refractivity contribution in [2.75, 3.05) is 21.3 Å². The predicted octanol–water partition coefficient (Wildman–Crippen LogP) is 2.93. The van der Waals surface area contributed by atoms with Crippen molar-refractivity contribution in [2.45, 2.75) is 20.0 Å². The minimum absolute atomic E-state index is 0.402. The number of nitrogens with one attached hydrogen (secondary N) is 1.